The molecule has 1 aromatic heterocycles. The zero-order valence-corrected chi connectivity index (χ0v) is 11.2. The Labute approximate surface area is 117 Å². The number of fused-ring (bicyclic) bond motifs is 3. The Morgan fingerprint density at radius 3 is 2.95 bits per heavy atom. The maximum Gasteiger partial charge on any atom is 0.231 e. The number of aromatic nitrogens is 1. The first kappa shape index (κ1) is 11.4. The third kappa shape index (κ3) is 1.35. The molecule has 0 saturated heterocycles. The van der Waals surface area contributed by atoms with E-state index >= 15 is 0 Å². The average Bonchev–Trinajstić information content (AvgIpc) is 3.05. The van der Waals surface area contributed by atoms with Crippen molar-refractivity contribution in [3.05, 3.63) is 47.3 Å². The molecule has 3 heterocycles. The van der Waals surface area contributed by atoms with Gasteiger partial charge in [0.2, 0.25) is 6.79 Å². The Morgan fingerprint density at radius 2 is 2.15 bits per heavy atom. The van der Waals surface area contributed by atoms with Crippen LogP contribution in [0.25, 0.3) is 0 Å². The molecule has 0 amide bonds. The summed E-state index contributed by atoms with van der Waals surface area (Å²) in [5, 5.41) is 9.25. The van der Waals surface area contributed by atoms with Gasteiger partial charge in [0, 0.05) is 23.9 Å². The van der Waals surface area contributed by atoms with E-state index in [0.717, 1.165) is 18.0 Å². The van der Waals surface area contributed by atoms with Gasteiger partial charge in [-0.25, -0.2) is 0 Å². The van der Waals surface area contributed by atoms with Crippen molar-refractivity contribution in [1.29, 1.82) is 5.26 Å². The number of ether oxygens (including phenoxy) is 2. The predicted molar refractivity (Wildman–Crippen MR) is 72.8 cm³/mol. The Kier molecular flexibility index (Phi) is 2.17. The maximum atomic E-state index is 9.25. The molecular weight excluding hydrogens is 252 g/mol. The van der Waals surface area contributed by atoms with Gasteiger partial charge in [-0.1, -0.05) is 0 Å². The van der Waals surface area contributed by atoms with Gasteiger partial charge in [-0.15, -0.1) is 0 Å². The summed E-state index contributed by atoms with van der Waals surface area (Å²) < 4.78 is 13.2. The second-order valence-corrected chi connectivity index (χ2v) is 5.55. The Morgan fingerprint density at radius 1 is 1.35 bits per heavy atom. The van der Waals surface area contributed by atoms with E-state index in [9.17, 15) is 5.26 Å². The van der Waals surface area contributed by atoms with Crippen LogP contribution in [-0.4, -0.2) is 11.4 Å². The fraction of sp³-hybridized carbons (Fsp3) is 0.312. The zero-order chi connectivity index (χ0) is 13.7. The smallest absolute Gasteiger partial charge is 0.231 e. The van der Waals surface area contributed by atoms with E-state index < -0.39 is 0 Å². The van der Waals surface area contributed by atoms with Crippen molar-refractivity contribution in [2.75, 3.05) is 6.79 Å². The minimum Gasteiger partial charge on any atom is -0.454 e. The highest BCUT2D eigenvalue weighted by molar-refractivity contribution is 5.55. The van der Waals surface area contributed by atoms with Gasteiger partial charge in [0.1, 0.15) is 0 Å². The van der Waals surface area contributed by atoms with Gasteiger partial charge in [0.25, 0.3) is 0 Å². The molecule has 0 radical (unpaired) electrons. The number of hydrogen-bond donors (Lipinski definition) is 0. The van der Waals surface area contributed by atoms with E-state index in [1.807, 2.05) is 12.1 Å². The molecule has 0 spiro atoms. The van der Waals surface area contributed by atoms with Gasteiger partial charge in [-0.05, 0) is 42.3 Å². The molecular formula is C16H14N2O2. The lowest BCUT2D eigenvalue weighted by atomic mass is 9.73. The van der Waals surface area contributed by atoms with Gasteiger partial charge in [-0.3, -0.25) is 0 Å². The van der Waals surface area contributed by atoms with Crippen molar-refractivity contribution in [3.8, 4) is 17.6 Å². The van der Waals surface area contributed by atoms with Gasteiger partial charge in [0.05, 0.1) is 12.5 Å². The molecule has 0 saturated carbocycles. The highest BCUT2D eigenvalue weighted by atomic mass is 16.7. The molecule has 1 atom stereocenters. The average molecular weight is 266 g/mol. The molecule has 2 aromatic rings. The Hall–Kier alpha value is -2.41. The van der Waals surface area contributed by atoms with Crippen LogP contribution in [0.15, 0.2) is 30.5 Å². The summed E-state index contributed by atoms with van der Waals surface area (Å²) in [6.45, 7) is 3.22. The monoisotopic (exact) mass is 266 g/mol. The second-order valence-electron chi connectivity index (χ2n) is 5.55. The molecule has 2 aliphatic rings. The number of nitrogens with zero attached hydrogens (tertiary/aromatic N) is 2. The first-order valence-corrected chi connectivity index (χ1v) is 6.68. The van der Waals surface area contributed by atoms with Crippen molar-refractivity contribution >= 4 is 0 Å². The SMILES string of the molecule is CC1(CC#N)c2cc3c(cc2Cn2cccc21)OCO3. The van der Waals surface area contributed by atoms with Gasteiger partial charge in [-0.2, -0.15) is 5.26 Å². The number of nitriles is 1. The molecule has 0 fully saturated rings. The summed E-state index contributed by atoms with van der Waals surface area (Å²) in [4.78, 5) is 0. The lowest BCUT2D eigenvalue weighted by molar-refractivity contribution is 0.174. The van der Waals surface area contributed by atoms with E-state index in [1.54, 1.807) is 0 Å². The van der Waals surface area contributed by atoms with Crippen molar-refractivity contribution in [1.82, 2.24) is 4.57 Å². The van der Waals surface area contributed by atoms with Crippen molar-refractivity contribution in [2.24, 2.45) is 0 Å². The second kappa shape index (κ2) is 3.80. The van der Waals surface area contributed by atoms with Crippen molar-refractivity contribution in [2.45, 2.75) is 25.3 Å². The summed E-state index contributed by atoms with van der Waals surface area (Å²) in [7, 11) is 0. The quantitative estimate of drug-likeness (QED) is 0.797. The van der Waals surface area contributed by atoms with E-state index in [2.05, 4.69) is 35.9 Å². The van der Waals surface area contributed by atoms with Crippen LogP contribution in [0.4, 0.5) is 0 Å². The standard InChI is InChI=1S/C16H14N2O2/c1-16(4-5-17)12-8-14-13(19-10-20-14)7-11(12)9-18-6-2-3-15(16)18/h2-3,6-8H,4,9-10H2,1H3. The van der Waals surface area contributed by atoms with Crippen molar-refractivity contribution < 1.29 is 9.47 Å². The van der Waals surface area contributed by atoms with Crippen LogP contribution >= 0.6 is 0 Å². The van der Waals surface area contributed by atoms with Crippen LogP contribution in [0, 0.1) is 11.3 Å². The van der Waals surface area contributed by atoms with Crippen molar-refractivity contribution in [3.63, 3.8) is 0 Å². The molecule has 2 aliphatic heterocycles. The van der Waals surface area contributed by atoms with E-state index in [1.165, 1.54) is 16.8 Å². The minimum absolute atomic E-state index is 0.277. The first-order valence-electron chi connectivity index (χ1n) is 6.68. The number of benzene rings is 1. The summed E-state index contributed by atoms with van der Waals surface area (Å²) in [5.41, 5.74) is 3.27. The third-order valence-electron chi connectivity index (χ3n) is 4.36. The van der Waals surface area contributed by atoms with Crippen LogP contribution in [-0.2, 0) is 12.0 Å². The molecule has 0 aliphatic carbocycles. The predicted octanol–water partition coefficient (Wildman–Crippen LogP) is 2.80. The van der Waals surface area contributed by atoms with E-state index in [4.69, 9.17) is 9.47 Å². The molecule has 4 heteroatoms. The summed E-state index contributed by atoms with van der Waals surface area (Å²) >= 11 is 0. The summed E-state index contributed by atoms with van der Waals surface area (Å²) in [5.74, 6) is 1.59. The number of hydrogen-bond acceptors (Lipinski definition) is 3. The molecule has 4 rings (SSSR count). The molecule has 0 bridgehead atoms. The van der Waals surface area contributed by atoms with Crippen LogP contribution in [0.5, 0.6) is 11.5 Å². The minimum atomic E-state index is -0.299. The first-order chi connectivity index (χ1) is 9.72. The topological polar surface area (TPSA) is 47.2 Å². The molecule has 1 unspecified atom stereocenters. The molecule has 100 valence electrons. The number of rotatable bonds is 1. The van der Waals surface area contributed by atoms with Crippen LogP contribution in [0.2, 0.25) is 0 Å². The van der Waals surface area contributed by atoms with Crippen LogP contribution in [0.1, 0.15) is 30.2 Å². The fourth-order valence-electron chi connectivity index (χ4n) is 3.35. The normalized spacial score (nSPS) is 22.0. The lowest BCUT2D eigenvalue weighted by Crippen LogP contribution is -2.32. The molecule has 0 N–H and O–H groups in total. The van der Waals surface area contributed by atoms with Gasteiger partial charge >= 0.3 is 0 Å². The van der Waals surface area contributed by atoms with Gasteiger partial charge < -0.3 is 14.0 Å². The van der Waals surface area contributed by atoms with E-state index in [0.29, 0.717) is 6.42 Å². The maximum absolute atomic E-state index is 9.25. The Bertz CT molecular complexity index is 741. The summed E-state index contributed by atoms with van der Waals surface area (Å²) in [6.07, 6.45) is 2.52. The Balaban J connectivity index is 1.97. The lowest BCUT2D eigenvalue weighted by Gasteiger charge is -2.36. The fourth-order valence-corrected chi connectivity index (χ4v) is 3.35. The third-order valence-corrected chi connectivity index (χ3v) is 4.36. The molecule has 20 heavy (non-hydrogen) atoms. The van der Waals surface area contributed by atoms with Crippen LogP contribution in [0.3, 0.4) is 0 Å². The zero-order valence-electron chi connectivity index (χ0n) is 11.2. The molecule has 4 nitrogen and oxygen atoms in total. The van der Waals surface area contributed by atoms with Crippen LogP contribution < -0.4 is 9.47 Å². The highest BCUT2D eigenvalue weighted by Crippen LogP contribution is 2.46. The largest absolute Gasteiger partial charge is 0.454 e. The van der Waals surface area contributed by atoms with Gasteiger partial charge in [0.15, 0.2) is 11.5 Å². The highest BCUT2D eigenvalue weighted by Gasteiger charge is 2.38. The summed E-state index contributed by atoms with van der Waals surface area (Å²) in [6, 6.07) is 10.6. The van der Waals surface area contributed by atoms with E-state index in [-0.39, 0.29) is 12.2 Å². The molecule has 1 aromatic carbocycles.